The van der Waals surface area contributed by atoms with Crippen molar-refractivity contribution >= 4 is 11.9 Å². The van der Waals surface area contributed by atoms with Crippen molar-refractivity contribution in [3.8, 4) is 11.5 Å². The largest absolute Gasteiger partial charge is 0.508 e. The maximum absolute atomic E-state index is 12.2. The molecule has 0 radical (unpaired) electrons. The Balaban J connectivity index is 1.92. The lowest BCUT2D eigenvalue weighted by Crippen LogP contribution is -1.98. The number of Topliss-reactive ketones (excluding diaryl/α,β-unsaturated/α-hetero) is 1. The van der Waals surface area contributed by atoms with Gasteiger partial charge in [-0.15, -0.1) is 0 Å². The van der Waals surface area contributed by atoms with Crippen molar-refractivity contribution in [3.63, 3.8) is 0 Å². The summed E-state index contributed by atoms with van der Waals surface area (Å²) < 4.78 is 5.51. The maximum atomic E-state index is 12.2. The van der Waals surface area contributed by atoms with E-state index < -0.39 is 0 Å². The summed E-state index contributed by atoms with van der Waals surface area (Å²) in [6.45, 7) is 2.10. The summed E-state index contributed by atoms with van der Waals surface area (Å²) in [6, 6.07) is 12.5. The van der Waals surface area contributed by atoms with Crippen LogP contribution < -0.4 is 4.74 Å². The number of carbonyl (C=O) groups excluding carboxylic acids is 1. The Morgan fingerprint density at radius 2 is 1.90 bits per heavy atom. The van der Waals surface area contributed by atoms with Crippen LogP contribution in [-0.4, -0.2) is 10.9 Å². The van der Waals surface area contributed by atoms with Crippen LogP contribution in [0.25, 0.3) is 6.08 Å². The highest BCUT2D eigenvalue weighted by Gasteiger charge is 2.27. The molecule has 2 aromatic carbocycles. The molecule has 0 bridgehead atoms. The predicted molar refractivity (Wildman–Crippen MR) is 76.9 cm³/mol. The third kappa shape index (κ3) is 2.18. The van der Waals surface area contributed by atoms with Gasteiger partial charge in [-0.05, 0) is 35.8 Å². The smallest absolute Gasteiger partial charge is 0.231 e. The van der Waals surface area contributed by atoms with Gasteiger partial charge in [-0.1, -0.05) is 31.2 Å². The molecule has 1 heterocycles. The third-order valence-electron chi connectivity index (χ3n) is 3.34. The molecule has 20 heavy (non-hydrogen) atoms. The maximum Gasteiger partial charge on any atom is 0.231 e. The van der Waals surface area contributed by atoms with Crippen molar-refractivity contribution in [1.82, 2.24) is 0 Å². The van der Waals surface area contributed by atoms with E-state index in [0.29, 0.717) is 11.3 Å². The lowest BCUT2D eigenvalue weighted by Gasteiger charge is -2.00. The lowest BCUT2D eigenvalue weighted by atomic mass is 10.1. The number of hydrogen-bond acceptors (Lipinski definition) is 3. The third-order valence-corrected chi connectivity index (χ3v) is 3.34. The first-order chi connectivity index (χ1) is 9.67. The molecule has 1 aliphatic heterocycles. The minimum Gasteiger partial charge on any atom is -0.508 e. The topological polar surface area (TPSA) is 46.5 Å². The van der Waals surface area contributed by atoms with Gasteiger partial charge in [-0.25, -0.2) is 0 Å². The van der Waals surface area contributed by atoms with Crippen molar-refractivity contribution in [2.24, 2.45) is 0 Å². The number of ketones is 1. The second kappa shape index (κ2) is 4.85. The van der Waals surface area contributed by atoms with Crippen LogP contribution in [0.15, 0.2) is 48.2 Å². The molecule has 0 saturated heterocycles. The zero-order valence-corrected chi connectivity index (χ0v) is 11.1. The molecule has 0 saturated carbocycles. The van der Waals surface area contributed by atoms with Crippen LogP contribution >= 0.6 is 0 Å². The second-order valence-corrected chi connectivity index (χ2v) is 4.72. The molecule has 0 unspecified atom stereocenters. The highest BCUT2D eigenvalue weighted by Crippen LogP contribution is 2.34. The quantitative estimate of drug-likeness (QED) is 0.845. The molecular formula is C17H14O3. The summed E-state index contributed by atoms with van der Waals surface area (Å²) in [5.41, 5.74) is 2.65. The number of aryl methyl sites for hydroxylation is 1. The van der Waals surface area contributed by atoms with Gasteiger partial charge in [-0.2, -0.15) is 0 Å². The number of allylic oxidation sites excluding steroid dienone is 1. The zero-order valence-electron chi connectivity index (χ0n) is 11.1. The summed E-state index contributed by atoms with van der Waals surface area (Å²) in [4.78, 5) is 12.2. The van der Waals surface area contributed by atoms with Crippen LogP contribution in [0.5, 0.6) is 11.5 Å². The van der Waals surface area contributed by atoms with E-state index in [9.17, 15) is 9.90 Å². The molecule has 100 valence electrons. The Bertz CT molecular complexity index is 697. The van der Waals surface area contributed by atoms with Gasteiger partial charge in [0.15, 0.2) is 5.76 Å². The molecule has 0 aliphatic carbocycles. The molecule has 0 spiro atoms. The molecule has 0 fully saturated rings. The molecule has 3 rings (SSSR count). The Morgan fingerprint density at radius 1 is 1.15 bits per heavy atom. The fraction of sp³-hybridized carbons (Fsp3) is 0.118. The highest BCUT2D eigenvalue weighted by molar-refractivity contribution is 6.14. The van der Waals surface area contributed by atoms with Crippen molar-refractivity contribution in [2.75, 3.05) is 0 Å². The average Bonchev–Trinajstić information content (AvgIpc) is 2.75. The van der Waals surface area contributed by atoms with E-state index in [1.807, 2.05) is 24.3 Å². The van der Waals surface area contributed by atoms with Gasteiger partial charge in [0.25, 0.3) is 0 Å². The second-order valence-electron chi connectivity index (χ2n) is 4.72. The van der Waals surface area contributed by atoms with Crippen LogP contribution in [0.2, 0.25) is 0 Å². The number of hydrogen-bond donors (Lipinski definition) is 1. The van der Waals surface area contributed by atoms with Crippen LogP contribution in [0.3, 0.4) is 0 Å². The van der Waals surface area contributed by atoms with Crippen molar-refractivity contribution in [2.45, 2.75) is 13.3 Å². The van der Waals surface area contributed by atoms with Gasteiger partial charge in [0.05, 0.1) is 5.56 Å². The number of fused-ring (bicyclic) bond motifs is 1. The first-order valence-corrected chi connectivity index (χ1v) is 6.53. The zero-order chi connectivity index (χ0) is 14.1. The monoisotopic (exact) mass is 266 g/mol. The lowest BCUT2D eigenvalue weighted by molar-refractivity contribution is 0.101. The molecular weight excluding hydrogens is 252 g/mol. The van der Waals surface area contributed by atoms with Gasteiger partial charge >= 0.3 is 0 Å². The fourth-order valence-electron chi connectivity index (χ4n) is 2.18. The first-order valence-electron chi connectivity index (χ1n) is 6.53. The molecule has 0 atom stereocenters. The van der Waals surface area contributed by atoms with E-state index in [2.05, 4.69) is 6.92 Å². The Labute approximate surface area is 117 Å². The number of aromatic hydroxyl groups is 1. The fourth-order valence-corrected chi connectivity index (χ4v) is 2.18. The Kier molecular flexibility index (Phi) is 3.03. The average molecular weight is 266 g/mol. The van der Waals surface area contributed by atoms with E-state index >= 15 is 0 Å². The molecule has 3 heteroatoms. The van der Waals surface area contributed by atoms with Crippen molar-refractivity contribution < 1.29 is 14.6 Å². The van der Waals surface area contributed by atoms with Gasteiger partial charge < -0.3 is 9.84 Å². The molecule has 1 aliphatic rings. The van der Waals surface area contributed by atoms with E-state index in [4.69, 9.17) is 4.74 Å². The molecule has 0 amide bonds. The standard InChI is InChI=1S/C17H14O3/c1-2-11-3-5-12(6-4-11)9-16-17(19)14-8-7-13(18)10-15(14)20-16/h3-10,18H,2H2,1H3/b16-9-. The van der Waals surface area contributed by atoms with Crippen molar-refractivity contribution in [1.29, 1.82) is 0 Å². The molecule has 0 aromatic heterocycles. The molecule has 2 aromatic rings. The van der Waals surface area contributed by atoms with Gasteiger partial charge in [0, 0.05) is 6.07 Å². The van der Waals surface area contributed by atoms with Crippen molar-refractivity contribution in [3.05, 3.63) is 64.9 Å². The van der Waals surface area contributed by atoms with Crippen LogP contribution in [-0.2, 0) is 6.42 Å². The number of ether oxygens (including phenoxy) is 1. The minimum absolute atomic E-state index is 0.0881. The SMILES string of the molecule is CCc1ccc(/C=C2\Oc3cc(O)ccc3C2=O)cc1. The van der Waals surface area contributed by atoms with Gasteiger partial charge in [-0.3, -0.25) is 4.79 Å². The summed E-state index contributed by atoms with van der Waals surface area (Å²) >= 11 is 0. The Morgan fingerprint density at radius 3 is 2.60 bits per heavy atom. The summed E-state index contributed by atoms with van der Waals surface area (Å²) in [6.07, 6.45) is 2.70. The normalized spacial score (nSPS) is 15.2. The predicted octanol–water partition coefficient (Wildman–Crippen LogP) is 3.57. The first kappa shape index (κ1) is 12.5. The van der Waals surface area contributed by atoms with Gasteiger partial charge in [0.1, 0.15) is 11.5 Å². The minimum atomic E-state index is -0.153. The van der Waals surface area contributed by atoms with E-state index in [1.165, 1.54) is 17.7 Å². The molecule has 1 N–H and O–H groups in total. The summed E-state index contributed by atoms with van der Waals surface area (Å²) in [7, 11) is 0. The van der Waals surface area contributed by atoms with E-state index in [1.54, 1.807) is 12.1 Å². The number of carbonyl (C=O) groups is 1. The summed E-state index contributed by atoms with van der Waals surface area (Å²) in [5, 5.41) is 9.41. The summed E-state index contributed by atoms with van der Waals surface area (Å²) in [5.74, 6) is 0.631. The number of phenols is 1. The van der Waals surface area contributed by atoms with Crippen LogP contribution in [0.1, 0.15) is 28.4 Å². The van der Waals surface area contributed by atoms with Crippen LogP contribution in [0, 0.1) is 0 Å². The number of benzene rings is 2. The van der Waals surface area contributed by atoms with Crippen LogP contribution in [0.4, 0.5) is 0 Å². The molecule has 3 nitrogen and oxygen atoms in total. The van der Waals surface area contributed by atoms with Gasteiger partial charge in [0.2, 0.25) is 5.78 Å². The highest BCUT2D eigenvalue weighted by atomic mass is 16.5. The van der Waals surface area contributed by atoms with E-state index in [0.717, 1.165) is 12.0 Å². The number of rotatable bonds is 2. The van der Waals surface area contributed by atoms with E-state index in [-0.39, 0.29) is 17.3 Å². The Hall–Kier alpha value is -2.55. The number of phenolic OH excluding ortho intramolecular Hbond substituents is 1.